The van der Waals surface area contributed by atoms with Crippen molar-refractivity contribution in [3.05, 3.63) is 30.3 Å². The zero-order chi connectivity index (χ0) is 11.9. The van der Waals surface area contributed by atoms with Crippen molar-refractivity contribution in [1.82, 2.24) is 10.0 Å². The number of nitrogens with one attached hydrogen (secondary N) is 1. The first-order valence-electron chi connectivity index (χ1n) is 5.35. The van der Waals surface area contributed by atoms with Crippen molar-refractivity contribution < 1.29 is 8.42 Å². The first-order chi connectivity index (χ1) is 7.67. The summed E-state index contributed by atoms with van der Waals surface area (Å²) >= 11 is 0. The van der Waals surface area contributed by atoms with E-state index in [9.17, 15) is 8.42 Å². The number of hydrogen-bond acceptors (Lipinski definition) is 2. The normalized spacial score (nSPS) is 11.6. The van der Waals surface area contributed by atoms with Gasteiger partial charge in [-0.2, -0.15) is 0 Å². The highest BCUT2D eigenvalue weighted by Crippen LogP contribution is 2.06. The van der Waals surface area contributed by atoms with E-state index in [1.165, 1.54) is 0 Å². The Hall–Kier alpha value is -0.910. The van der Waals surface area contributed by atoms with Gasteiger partial charge in [0.2, 0.25) is 10.0 Å². The van der Waals surface area contributed by atoms with Gasteiger partial charge in [-0.1, -0.05) is 25.1 Å². The second-order valence-corrected chi connectivity index (χ2v) is 5.15. The van der Waals surface area contributed by atoms with Crippen LogP contribution in [0.4, 0.5) is 0 Å². The molecule has 1 radical (unpaired) electrons. The van der Waals surface area contributed by atoms with Crippen LogP contribution in [0.25, 0.3) is 0 Å². The lowest BCUT2D eigenvalue weighted by Gasteiger charge is -2.06. The maximum atomic E-state index is 11.7. The van der Waals surface area contributed by atoms with Crippen LogP contribution >= 0.6 is 0 Å². The molecule has 0 aliphatic heterocycles. The minimum atomic E-state index is -3.36. The molecule has 0 spiro atoms. The van der Waals surface area contributed by atoms with Gasteiger partial charge < -0.3 is 0 Å². The van der Waals surface area contributed by atoms with Crippen LogP contribution in [0.3, 0.4) is 0 Å². The molecule has 0 heterocycles. The van der Waals surface area contributed by atoms with Crippen molar-refractivity contribution in [3.8, 4) is 0 Å². The minimum Gasteiger partial charge on any atom is -0.240 e. The smallest absolute Gasteiger partial charge is 0.240 e. The van der Waals surface area contributed by atoms with Gasteiger partial charge in [0.25, 0.3) is 0 Å². The third-order valence-corrected chi connectivity index (χ3v) is 3.47. The van der Waals surface area contributed by atoms with Crippen LogP contribution in [-0.2, 0) is 10.0 Å². The van der Waals surface area contributed by atoms with E-state index >= 15 is 0 Å². The highest BCUT2D eigenvalue weighted by Gasteiger charge is 2.11. The molecule has 1 aromatic carbocycles. The van der Waals surface area contributed by atoms with E-state index in [2.05, 4.69) is 10.0 Å². The van der Waals surface area contributed by atoms with Crippen molar-refractivity contribution in [2.75, 3.05) is 19.6 Å². The van der Waals surface area contributed by atoms with Gasteiger partial charge in [-0.25, -0.2) is 18.5 Å². The fourth-order valence-electron chi connectivity index (χ4n) is 1.21. The molecule has 0 fully saturated rings. The molecular formula is C11H17N2O2S. The molecule has 0 bridgehead atoms. The summed E-state index contributed by atoms with van der Waals surface area (Å²) in [5, 5.41) is 4.16. The molecule has 0 aromatic heterocycles. The Morgan fingerprint density at radius 2 is 1.88 bits per heavy atom. The van der Waals surface area contributed by atoms with E-state index in [0.29, 0.717) is 18.0 Å². The van der Waals surface area contributed by atoms with Crippen LogP contribution in [0.1, 0.15) is 13.3 Å². The van der Waals surface area contributed by atoms with E-state index in [0.717, 1.165) is 13.0 Å². The van der Waals surface area contributed by atoms with Gasteiger partial charge in [0.1, 0.15) is 0 Å². The van der Waals surface area contributed by atoms with Gasteiger partial charge in [0.15, 0.2) is 0 Å². The van der Waals surface area contributed by atoms with Gasteiger partial charge in [0.05, 0.1) is 4.90 Å². The topological polar surface area (TPSA) is 60.3 Å². The maximum Gasteiger partial charge on any atom is 0.240 e. The third kappa shape index (κ3) is 4.30. The molecule has 0 saturated carbocycles. The molecule has 89 valence electrons. The highest BCUT2D eigenvalue weighted by molar-refractivity contribution is 7.89. The van der Waals surface area contributed by atoms with Crippen LogP contribution in [0.2, 0.25) is 0 Å². The van der Waals surface area contributed by atoms with E-state index < -0.39 is 10.0 Å². The lowest BCUT2D eigenvalue weighted by Crippen LogP contribution is -2.29. The fraction of sp³-hybridized carbons (Fsp3) is 0.455. The molecule has 0 unspecified atom stereocenters. The summed E-state index contributed by atoms with van der Waals surface area (Å²) in [6.45, 7) is 3.71. The Kier molecular flexibility index (Phi) is 5.45. The fourth-order valence-corrected chi connectivity index (χ4v) is 2.25. The first-order valence-corrected chi connectivity index (χ1v) is 6.83. The molecule has 0 atom stereocenters. The van der Waals surface area contributed by atoms with Gasteiger partial charge in [-0.3, -0.25) is 0 Å². The monoisotopic (exact) mass is 241 g/mol. The van der Waals surface area contributed by atoms with Gasteiger partial charge in [-0.15, -0.1) is 0 Å². The molecule has 0 aliphatic rings. The van der Waals surface area contributed by atoms with E-state index in [1.807, 2.05) is 6.92 Å². The SMILES string of the molecule is CCC[N]CCNS(=O)(=O)c1ccccc1. The molecule has 0 amide bonds. The Labute approximate surface area is 97.1 Å². The van der Waals surface area contributed by atoms with E-state index in [4.69, 9.17) is 0 Å². The predicted molar refractivity (Wildman–Crippen MR) is 63.8 cm³/mol. The Balaban J connectivity index is 2.41. The maximum absolute atomic E-state index is 11.7. The number of rotatable bonds is 7. The summed E-state index contributed by atoms with van der Waals surface area (Å²) in [6, 6.07) is 8.35. The Bertz CT molecular complexity index is 390. The van der Waals surface area contributed by atoms with E-state index in [1.54, 1.807) is 30.3 Å². The summed E-state index contributed by atoms with van der Waals surface area (Å²) in [7, 11) is -3.36. The van der Waals surface area contributed by atoms with Crippen molar-refractivity contribution in [3.63, 3.8) is 0 Å². The number of nitrogens with zero attached hydrogens (tertiary/aromatic N) is 1. The highest BCUT2D eigenvalue weighted by atomic mass is 32.2. The molecular weight excluding hydrogens is 224 g/mol. The van der Waals surface area contributed by atoms with E-state index in [-0.39, 0.29) is 0 Å². The summed E-state index contributed by atoms with van der Waals surface area (Å²) in [4.78, 5) is 0.297. The molecule has 4 nitrogen and oxygen atoms in total. The quantitative estimate of drug-likeness (QED) is 0.723. The van der Waals surface area contributed by atoms with Gasteiger partial charge in [-0.05, 0) is 18.6 Å². The van der Waals surface area contributed by atoms with Gasteiger partial charge >= 0.3 is 0 Å². The Morgan fingerprint density at radius 1 is 1.19 bits per heavy atom. The van der Waals surface area contributed by atoms with Crippen molar-refractivity contribution in [2.45, 2.75) is 18.2 Å². The largest absolute Gasteiger partial charge is 0.240 e. The molecule has 5 heteroatoms. The van der Waals surface area contributed by atoms with Crippen LogP contribution < -0.4 is 10.0 Å². The molecule has 1 rings (SSSR count). The van der Waals surface area contributed by atoms with Crippen molar-refractivity contribution >= 4 is 10.0 Å². The lowest BCUT2D eigenvalue weighted by atomic mass is 10.4. The van der Waals surface area contributed by atoms with Crippen LogP contribution in [0, 0.1) is 0 Å². The summed E-state index contributed by atoms with van der Waals surface area (Å²) < 4.78 is 25.9. The molecule has 16 heavy (non-hydrogen) atoms. The predicted octanol–water partition coefficient (Wildman–Crippen LogP) is 0.979. The van der Waals surface area contributed by atoms with Crippen LogP contribution in [0.5, 0.6) is 0 Å². The standard InChI is InChI=1S/C11H17N2O2S/c1-2-8-12-9-10-13-16(14,15)11-6-4-3-5-7-11/h3-7,13H,2,8-10H2,1H3. The zero-order valence-electron chi connectivity index (χ0n) is 9.39. The zero-order valence-corrected chi connectivity index (χ0v) is 10.2. The molecule has 1 aromatic rings. The average Bonchev–Trinajstić information content (AvgIpc) is 2.30. The van der Waals surface area contributed by atoms with Crippen molar-refractivity contribution in [2.24, 2.45) is 0 Å². The summed E-state index contributed by atoms with van der Waals surface area (Å²) in [6.07, 6.45) is 0.992. The third-order valence-electron chi connectivity index (χ3n) is 2.00. The number of sulfonamides is 1. The van der Waals surface area contributed by atoms with Crippen molar-refractivity contribution in [1.29, 1.82) is 0 Å². The molecule has 1 N–H and O–H groups in total. The van der Waals surface area contributed by atoms with Crippen LogP contribution in [-0.4, -0.2) is 28.1 Å². The number of benzene rings is 1. The first kappa shape index (κ1) is 13.2. The molecule has 0 saturated heterocycles. The summed E-state index contributed by atoms with van der Waals surface area (Å²) in [5.41, 5.74) is 0. The summed E-state index contributed by atoms with van der Waals surface area (Å²) in [5.74, 6) is 0. The molecule has 0 aliphatic carbocycles. The Morgan fingerprint density at radius 3 is 2.50 bits per heavy atom. The van der Waals surface area contributed by atoms with Crippen LogP contribution in [0.15, 0.2) is 35.2 Å². The van der Waals surface area contributed by atoms with Gasteiger partial charge in [0, 0.05) is 19.6 Å². The minimum absolute atomic E-state index is 0.297. The second kappa shape index (κ2) is 6.62. The average molecular weight is 241 g/mol. The second-order valence-electron chi connectivity index (χ2n) is 3.38. The number of hydrogen-bond donors (Lipinski definition) is 1. The lowest BCUT2D eigenvalue weighted by molar-refractivity contribution is 0.574.